The summed E-state index contributed by atoms with van der Waals surface area (Å²) in [6.45, 7) is 4.31. The lowest BCUT2D eigenvalue weighted by atomic mass is 10.0. The number of carbonyl (C=O) groups is 2. The number of alkyl halides is 3. The second-order valence-electron chi connectivity index (χ2n) is 10.1. The van der Waals surface area contributed by atoms with Crippen molar-refractivity contribution >= 4 is 27.5 Å². The minimum Gasteiger partial charge on any atom is -0.347 e. The number of sulfonamides is 1. The first kappa shape index (κ1) is 30.8. The Morgan fingerprint density at radius 2 is 1.45 bits per heavy atom. The lowest BCUT2D eigenvalue weighted by Gasteiger charge is -2.29. The molecular formula is C28H29F4N3O4S. The van der Waals surface area contributed by atoms with Crippen LogP contribution in [0, 0.1) is 5.82 Å². The Balaban J connectivity index is 1.96. The number of hydrogen-bond donors (Lipinski definition) is 2. The predicted molar refractivity (Wildman–Crippen MR) is 143 cm³/mol. The van der Waals surface area contributed by atoms with E-state index in [0.717, 1.165) is 36.4 Å². The highest BCUT2D eigenvalue weighted by Crippen LogP contribution is 2.26. The number of hydrogen-bond acceptors (Lipinski definition) is 4. The van der Waals surface area contributed by atoms with Gasteiger partial charge in [-0.3, -0.25) is 9.59 Å². The zero-order chi connectivity index (χ0) is 29.7. The highest BCUT2D eigenvalue weighted by atomic mass is 32.2. The van der Waals surface area contributed by atoms with Crippen LogP contribution in [-0.2, 0) is 21.2 Å². The molecule has 0 spiro atoms. The van der Waals surface area contributed by atoms with E-state index in [9.17, 15) is 35.6 Å². The molecule has 2 amide bonds. The molecular weight excluding hydrogens is 550 g/mol. The zero-order valence-corrected chi connectivity index (χ0v) is 22.8. The Morgan fingerprint density at radius 1 is 0.875 bits per heavy atom. The lowest BCUT2D eigenvalue weighted by Crippen LogP contribution is -2.50. The minimum absolute atomic E-state index is 0.0668. The molecule has 0 fully saturated rings. The first-order chi connectivity index (χ1) is 18.5. The third-order valence-corrected chi connectivity index (χ3v) is 7.33. The van der Waals surface area contributed by atoms with Crippen LogP contribution < -0.4 is 14.9 Å². The molecule has 0 aliphatic rings. The largest absolute Gasteiger partial charge is 0.471 e. The zero-order valence-electron chi connectivity index (χ0n) is 22.0. The molecule has 0 heterocycles. The highest BCUT2D eigenvalue weighted by molar-refractivity contribution is 7.89. The van der Waals surface area contributed by atoms with Crippen LogP contribution in [0.15, 0.2) is 83.8 Å². The fourth-order valence-corrected chi connectivity index (χ4v) is 5.29. The van der Waals surface area contributed by atoms with E-state index in [1.807, 2.05) is 0 Å². The third-order valence-electron chi connectivity index (χ3n) is 5.56. The van der Waals surface area contributed by atoms with Crippen molar-refractivity contribution < 1.29 is 35.6 Å². The summed E-state index contributed by atoms with van der Waals surface area (Å²) in [4.78, 5) is 25.7. The molecule has 214 valence electrons. The second kappa shape index (κ2) is 12.2. The van der Waals surface area contributed by atoms with Gasteiger partial charge in [0.25, 0.3) is 5.91 Å². The Labute approximate surface area is 230 Å². The fraction of sp³-hybridized carbons (Fsp3) is 0.286. The molecule has 1 unspecified atom stereocenters. The molecule has 3 aromatic rings. The van der Waals surface area contributed by atoms with Crippen molar-refractivity contribution in [2.45, 2.75) is 49.8 Å². The Morgan fingerprint density at radius 3 is 1.98 bits per heavy atom. The van der Waals surface area contributed by atoms with Gasteiger partial charge < -0.3 is 10.2 Å². The molecule has 1 atom stereocenters. The molecule has 3 aromatic carbocycles. The van der Waals surface area contributed by atoms with Crippen LogP contribution in [0.2, 0.25) is 0 Å². The molecule has 40 heavy (non-hydrogen) atoms. The quantitative estimate of drug-likeness (QED) is 0.355. The molecule has 0 bridgehead atoms. The molecule has 3 rings (SSSR count). The van der Waals surface area contributed by atoms with Crippen LogP contribution in [0.3, 0.4) is 0 Å². The van der Waals surface area contributed by atoms with Crippen molar-refractivity contribution in [3.8, 4) is 0 Å². The SMILES string of the molecule is CC(C)(C)NS(=O)(=O)c1ccc(N(CC(Cc2ccccc2)NC(=O)c2ccc(F)cc2)C(=O)C(F)(F)F)cc1. The number of nitrogens with one attached hydrogen (secondary N) is 2. The average Bonchev–Trinajstić information content (AvgIpc) is 2.86. The standard InChI is InChI=1S/C28H29F4N3O4S/c1-27(2,3)34-40(38,39)24-15-13-23(14-16-24)35(26(37)28(30,31)32)18-22(17-19-7-5-4-6-8-19)33-25(36)20-9-11-21(29)12-10-20/h4-16,22,34H,17-18H2,1-3H3,(H,33,36). The molecule has 0 aromatic heterocycles. The van der Waals surface area contributed by atoms with E-state index in [1.165, 1.54) is 12.1 Å². The van der Waals surface area contributed by atoms with E-state index in [-0.39, 0.29) is 22.6 Å². The van der Waals surface area contributed by atoms with Gasteiger partial charge in [-0.25, -0.2) is 17.5 Å². The number of nitrogens with zero attached hydrogens (tertiary/aromatic N) is 1. The van der Waals surface area contributed by atoms with Crippen LogP contribution in [0.5, 0.6) is 0 Å². The van der Waals surface area contributed by atoms with E-state index >= 15 is 0 Å². The normalized spacial score (nSPS) is 13.0. The monoisotopic (exact) mass is 579 g/mol. The van der Waals surface area contributed by atoms with Gasteiger partial charge in [0.1, 0.15) is 5.82 Å². The second-order valence-corrected chi connectivity index (χ2v) is 11.8. The predicted octanol–water partition coefficient (Wildman–Crippen LogP) is 4.84. The van der Waals surface area contributed by atoms with Gasteiger partial charge in [-0.2, -0.15) is 13.2 Å². The Bertz CT molecular complexity index is 1420. The van der Waals surface area contributed by atoms with E-state index in [0.29, 0.717) is 10.5 Å². The van der Waals surface area contributed by atoms with Crippen LogP contribution in [0.4, 0.5) is 23.2 Å². The molecule has 0 aliphatic carbocycles. The summed E-state index contributed by atoms with van der Waals surface area (Å²) in [5.74, 6) is -3.43. The summed E-state index contributed by atoms with van der Waals surface area (Å²) in [5.41, 5.74) is -0.260. The summed E-state index contributed by atoms with van der Waals surface area (Å²) in [6, 6.07) is 16.6. The summed E-state index contributed by atoms with van der Waals surface area (Å²) < 4.78 is 82.0. The van der Waals surface area contributed by atoms with Gasteiger partial charge >= 0.3 is 12.1 Å². The number of benzene rings is 3. The van der Waals surface area contributed by atoms with E-state index < -0.39 is 52.0 Å². The maximum atomic E-state index is 13.7. The van der Waals surface area contributed by atoms with E-state index in [1.54, 1.807) is 51.1 Å². The molecule has 0 radical (unpaired) electrons. The van der Waals surface area contributed by atoms with Crippen LogP contribution in [0.1, 0.15) is 36.7 Å². The van der Waals surface area contributed by atoms with Crippen molar-refractivity contribution in [2.24, 2.45) is 0 Å². The van der Waals surface area contributed by atoms with Crippen molar-refractivity contribution in [1.82, 2.24) is 10.0 Å². The Kier molecular flexibility index (Phi) is 9.36. The fourth-order valence-electron chi connectivity index (χ4n) is 3.88. The summed E-state index contributed by atoms with van der Waals surface area (Å²) in [7, 11) is -3.98. The number of carbonyl (C=O) groups excluding carboxylic acids is 2. The van der Waals surface area contributed by atoms with Crippen molar-refractivity contribution in [2.75, 3.05) is 11.4 Å². The Hall–Kier alpha value is -3.77. The molecule has 12 heteroatoms. The topological polar surface area (TPSA) is 95.6 Å². The maximum Gasteiger partial charge on any atom is 0.471 e. The number of amides is 2. The maximum absolute atomic E-state index is 13.7. The van der Waals surface area contributed by atoms with Gasteiger partial charge in [0.05, 0.1) is 10.9 Å². The van der Waals surface area contributed by atoms with E-state index in [4.69, 9.17) is 0 Å². The molecule has 0 aliphatic heterocycles. The van der Waals surface area contributed by atoms with Gasteiger partial charge in [0.2, 0.25) is 10.0 Å². The van der Waals surface area contributed by atoms with E-state index in [2.05, 4.69) is 10.0 Å². The highest BCUT2D eigenvalue weighted by Gasteiger charge is 2.43. The van der Waals surface area contributed by atoms with Gasteiger partial charge in [-0.15, -0.1) is 0 Å². The number of anilines is 1. The third kappa shape index (κ3) is 8.62. The van der Waals surface area contributed by atoms with Crippen LogP contribution in [-0.4, -0.2) is 44.5 Å². The molecule has 0 saturated carbocycles. The van der Waals surface area contributed by atoms with Gasteiger partial charge in [0.15, 0.2) is 0 Å². The van der Waals surface area contributed by atoms with Crippen molar-refractivity contribution in [3.05, 3.63) is 95.8 Å². The van der Waals surface area contributed by atoms with Gasteiger partial charge in [-0.05, 0) is 81.3 Å². The van der Waals surface area contributed by atoms with Crippen molar-refractivity contribution in [3.63, 3.8) is 0 Å². The smallest absolute Gasteiger partial charge is 0.347 e. The average molecular weight is 580 g/mol. The number of rotatable bonds is 9. The molecule has 7 nitrogen and oxygen atoms in total. The summed E-state index contributed by atoms with van der Waals surface area (Å²) in [6.07, 6.45) is -5.19. The number of halogens is 4. The molecule has 0 saturated heterocycles. The van der Waals surface area contributed by atoms with Crippen LogP contribution in [0.25, 0.3) is 0 Å². The first-order valence-corrected chi connectivity index (χ1v) is 13.7. The van der Waals surface area contributed by atoms with Crippen LogP contribution >= 0.6 is 0 Å². The van der Waals surface area contributed by atoms with Gasteiger partial charge in [0, 0.05) is 23.3 Å². The molecule has 2 N–H and O–H groups in total. The van der Waals surface area contributed by atoms with Crippen molar-refractivity contribution in [1.29, 1.82) is 0 Å². The first-order valence-electron chi connectivity index (χ1n) is 12.2. The minimum atomic E-state index is -5.25. The van der Waals surface area contributed by atoms with Gasteiger partial charge in [-0.1, -0.05) is 30.3 Å². The lowest BCUT2D eigenvalue weighted by molar-refractivity contribution is -0.170. The summed E-state index contributed by atoms with van der Waals surface area (Å²) in [5, 5.41) is 2.64. The summed E-state index contributed by atoms with van der Waals surface area (Å²) >= 11 is 0.